The summed E-state index contributed by atoms with van der Waals surface area (Å²) in [5.41, 5.74) is 5.77. The molecule has 2 aliphatic heterocycles. The molecule has 1 aromatic heterocycles. The van der Waals surface area contributed by atoms with Crippen LogP contribution in [0.3, 0.4) is 0 Å². The van der Waals surface area contributed by atoms with Crippen LogP contribution in [0.2, 0.25) is 5.02 Å². The molecule has 6 rings (SSSR count). The smallest absolute Gasteiger partial charge is 0.248 e. The third-order valence-corrected chi connectivity index (χ3v) is 8.11. The van der Waals surface area contributed by atoms with Gasteiger partial charge in [-0.25, -0.2) is 0 Å². The number of carbonyl (C=O) groups is 1. The number of amides is 1. The van der Waals surface area contributed by atoms with Crippen molar-refractivity contribution in [1.29, 1.82) is 5.26 Å². The van der Waals surface area contributed by atoms with E-state index in [4.69, 9.17) is 25.8 Å². The highest BCUT2D eigenvalue weighted by Gasteiger charge is 2.23. The Balaban J connectivity index is 1.31. The second kappa shape index (κ2) is 14.0. The molecule has 3 heterocycles. The van der Waals surface area contributed by atoms with E-state index in [0.29, 0.717) is 69.9 Å². The van der Waals surface area contributed by atoms with Crippen LogP contribution in [0.5, 0.6) is 11.5 Å². The number of carbonyl (C=O) groups excluding carboxylic acids is 1. The molecule has 1 atom stereocenters. The van der Waals surface area contributed by atoms with Gasteiger partial charge in [0.05, 0.1) is 35.0 Å². The highest BCUT2D eigenvalue weighted by atomic mass is 35.5. The van der Waals surface area contributed by atoms with E-state index in [1.54, 1.807) is 24.3 Å². The van der Waals surface area contributed by atoms with E-state index in [-0.39, 0.29) is 12.0 Å². The van der Waals surface area contributed by atoms with Crippen LogP contribution in [0.25, 0.3) is 10.9 Å². The van der Waals surface area contributed by atoms with E-state index in [1.165, 1.54) is 6.20 Å². The Kier molecular flexibility index (Phi) is 9.46. The van der Waals surface area contributed by atoms with Gasteiger partial charge in [0, 0.05) is 29.8 Å². The number of aryl methyl sites for hydroxylation is 1. The Hall–Kier alpha value is -4.62. The minimum Gasteiger partial charge on any atom is -0.487 e. The van der Waals surface area contributed by atoms with Gasteiger partial charge in [0.15, 0.2) is 0 Å². The van der Waals surface area contributed by atoms with Gasteiger partial charge in [-0.15, -0.1) is 0 Å². The van der Waals surface area contributed by atoms with Crippen molar-refractivity contribution < 1.29 is 19.0 Å². The summed E-state index contributed by atoms with van der Waals surface area (Å²) in [6.45, 7) is 5.22. The van der Waals surface area contributed by atoms with Gasteiger partial charge in [0.1, 0.15) is 36.0 Å². The number of nitriles is 1. The lowest BCUT2D eigenvalue weighted by molar-refractivity contribution is -0.112. The first-order valence-electron chi connectivity index (χ1n) is 15.0. The average Bonchev–Trinajstić information content (AvgIpc) is 3.55. The Morgan fingerprint density at radius 3 is 2.76 bits per heavy atom. The predicted octanol–water partition coefficient (Wildman–Crippen LogP) is 6.81. The Morgan fingerprint density at radius 1 is 1.16 bits per heavy atom. The maximum absolute atomic E-state index is 13.2. The summed E-state index contributed by atoms with van der Waals surface area (Å²) in [7, 11) is 0. The minimum atomic E-state index is -0.249. The number of hydrogen-bond donors (Lipinski definition) is 3. The van der Waals surface area contributed by atoms with Crippen LogP contribution >= 0.6 is 11.6 Å². The van der Waals surface area contributed by atoms with Gasteiger partial charge in [-0.3, -0.25) is 9.78 Å². The number of hydrogen-bond acceptors (Lipinski definition) is 8. The van der Waals surface area contributed by atoms with Crippen LogP contribution < -0.4 is 25.4 Å². The van der Waals surface area contributed by atoms with Gasteiger partial charge in [-0.2, -0.15) is 5.26 Å². The zero-order valence-corrected chi connectivity index (χ0v) is 25.7. The minimum absolute atomic E-state index is 0.134. The molecule has 0 saturated carbocycles. The molecule has 0 aliphatic carbocycles. The zero-order chi connectivity index (χ0) is 31.2. The molecule has 10 heteroatoms. The molecule has 1 unspecified atom stereocenters. The first-order valence-corrected chi connectivity index (χ1v) is 15.4. The monoisotopic (exact) mass is 623 g/mol. The summed E-state index contributed by atoms with van der Waals surface area (Å²) in [5, 5.41) is 20.8. The molecule has 0 bridgehead atoms. The van der Waals surface area contributed by atoms with E-state index in [9.17, 15) is 10.1 Å². The van der Waals surface area contributed by atoms with Gasteiger partial charge in [-0.05, 0) is 68.8 Å². The summed E-state index contributed by atoms with van der Waals surface area (Å²) < 4.78 is 17.8. The van der Waals surface area contributed by atoms with Crippen LogP contribution in [-0.2, 0) is 16.1 Å². The van der Waals surface area contributed by atoms with Crippen LogP contribution in [0.1, 0.15) is 36.0 Å². The van der Waals surface area contributed by atoms with Crippen molar-refractivity contribution in [3.8, 4) is 17.6 Å². The van der Waals surface area contributed by atoms with E-state index >= 15 is 0 Å². The Bertz CT molecular complexity index is 1790. The molecule has 230 valence electrons. The highest BCUT2D eigenvalue weighted by molar-refractivity contribution is 6.32. The van der Waals surface area contributed by atoms with Gasteiger partial charge >= 0.3 is 0 Å². The Morgan fingerprint density at radius 2 is 2.00 bits per heavy atom. The Labute approximate surface area is 267 Å². The van der Waals surface area contributed by atoms with Crippen LogP contribution in [-0.4, -0.2) is 43.3 Å². The van der Waals surface area contributed by atoms with Crippen molar-refractivity contribution in [2.75, 3.05) is 36.9 Å². The number of rotatable bonds is 9. The lowest BCUT2D eigenvalue weighted by Gasteiger charge is -2.20. The quantitative estimate of drug-likeness (QED) is 0.174. The number of pyridine rings is 1. The summed E-state index contributed by atoms with van der Waals surface area (Å²) in [5.74, 6) is 0.798. The van der Waals surface area contributed by atoms with E-state index in [1.807, 2.05) is 37.3 Å². The number of halogens is 1. The van der Waals surface area contributed by atoms with E-state index < -0.39 is 0 Å². The van der Waals surface area contributed by atoms with Crippen molar-refractivity contribution in [3.63, 3.8) is 0 Å². The summed E-state index contributed by atoms with van der Waals surface area (Å²) >= 11 is 6.62. The second-order valence-electron chi connectivity index (χ2n) is 11.2. The third-order valence-electron chi connectivity index (χ3n) is 7.81. The molecule has 3 N–H and O–H groups in total. The van der Waals surface area contributed by atoms with E-state index in [0.717, 1.165) is 49.1 Å². The molecular formula is C35H34ClN5O4. The van der Waals surface area contributed by atoms with Crippen molar-refractivity contribution in [2.45, 2.75) is 38.9 Å². The zero-order valence-electron chi connectivity index (χ0n) is 25.0. The number of nitrogens with one attached hydrogen (secondary N) is 3. The first-order chi connectivity index (χ1) is 22.0. The average molecular weight is 624 g/mol. The summed E-state index contributed by atoms with van der Waals surface area (Å²) in [6, 6.07) is 19.4. The number of anilines is 3. The standard InChI is InChI=1S/C35H34ClN5O4/c1-22-3-2-4-24(15-22)20-44-30-7-5-26(17-29(30)36)40-33-25(18-37)19-39-34-28(33)6-8-31(45-27-11-14-43-21-27)35(34)41-32(42)16-23-9-12-38-13-10-23/h2-8,15-17,19,27,38H,9-14,20-21H2,1H3,(H,39,40)(H,41,42). The lowest BCUT2D eigenvalue weighted by Crippen LogP contribution is -2.24. The first kappa shape index (κ1) is 30.4. The number of fused-ring (bicyclic) bond motifs is 1. The number of piperidine rings is 1. The van der Waals surface area contributed by atoms with Gasteiger partial charge < -0.3 is 30.2 Å². The number of aromatic nitrogens is 1. The van der Waals surface area contributed by atoms with Crippen molar-refractivity contribution in [2.24, 2.45) is 0 Å². The SMILES string of the molecule is Cc1cccc(COc2ccc(Nc3c(C#N)cnc4c(NC(=O)C=C5CCNCC5)c(OC5CCOC5)ccc34)cc2Cl)c1. The van der Waals surface area contributed by atoms with Gasteiger partial charge in [0.25, 0.3) is 0 Å². The molecule has 0 spiro atoms. The molecule has 9 nitrogen and oxygen atoms in total. The van der Waals surface area contributed by atoms with Gasteiger partial charge in [-0.1, -0.05) is 47.0 Å². The van der Waals surface area contributed by atoms with Crippen molar-refractivity contribution >= 4 is 45.5 Å². The summed E-state index contributed by atoms with van der Waals surface area (Å²) in [6.07, 6.45) is 5.42. The maximum Gasteiger partial charge on any atom is 0.248 e. The predicted molar refractivity (Wildman–Crippen MR) is 175 cm³/mol. The van der Waals surface area contributed by atoms with E-state index in [2.05, 4.69) is 33.1 Å². The van der Waals surface area contributed by atoms with Crippen LogP contribution in [0.15, 0.2) is 72.4 Å². The molecule has 1 amide bonds. The highest BCUT2D eigenvalue weighted by Crippen LogP contribution is 2.39. The van der Waals surface area contributed by atoms with Gasteiger partial charge in [0.2, 0.25) is 5.91 Å². The van der Waals surface area contributed by atoms with Crippen molar-refractivity contribution in [1.82, 2.24) is 10.3 Å². The fourth-order valence-electron chi connectivity index (χ4n) is 5.51. The summed E-state index contributed by atoms with van der Waals surface area (Å²) in [4.78, 5) is 17.8. The number of nitrogens with zero attached hydrogens (tertiary/aromatic N) is 2. The lowest BCUT2D eigenvalue weighted by atomic mass is 10.0. The van der Waals surface area contributed by atoms with Crippen molar-refractivity contribution in [3.05, 3.63) is 94.2 Å². The molecule has 2 fully saturated rings. The molecule has 0 radical (unpaired) electrons. The second-order valence-corrected chi connectivity index (χ2v) is 11.6. The topological polar surface area (TPSA) is 118 Å². The third kappa shape index (κ3) is 7.37. The number of benzene rings is 3. The normalized spacial score (nSPS) is 16.2. The fourth-order valence-corrected chi connectivity index (χ4v) is 5.75. The molecule has 2 aliphatic rings. The molecule has 2 saturated heterocycles. The molecule has 45 heavy (non-hydrogen) atoms. The number of ether oxygens (including phenoxy) is 3. The van der Waals surface area contributed by atoms with Crippen LogP contribution in [0.4, 0.5) is 17.1 Å². The largest absolute Gasteiger partial charge is 0.487 e. The van der Waals surface area contributed by atoms with Crippen LogP contribution in [0, 0.1) is 18.3 Å². The molecule has 4 aromatic rings. The maximum atomic E-state index is 13.2. The fraction of sp³-hybridized carbons (Fsp3) is 0.286. The molecular weight excluding hydrogens is 590 g/mol. The molecule has 3 aromatic carbocycles.